The molecule has 36 heavy (non-hydrogen) atoms. The molecule has 0 aliphatic rings. The Bertz CT molecular complexity index is 1210. The van der Waals surface area contributed by atoms with Crippen LogP contribution in [0.15, 0.2) is 60.8 Å². The minimum atomic E-state index is -0.891. The molecule has 4 N–H and O–H groups in total. The number of urea groups is 1. The fourth-order valence-electron chi connectivity index (χ4n) is 3.26. The highest BCUT2D eigenvalue weighted by molar-refractivity contribution is 5.99. The summed E-state index contributed by atoms with van der Waals surface area (Å²) < 4.78 is 10.9. The number of anilines is 3. The first-order valence-electron chi connectivity index (χ1n) is 11.2. The molecule has 0 atom stereocenters. The van der Waals surface area contributed by atoms with Gasteiger partial charge in [-0.05, 0) is 54.8 Å². The number of methoxy groups -OCH3 is 1. The van der Waals surface area contributed by atoms with Gasteiger partial charge in [0.05, 0.1) is 20.1 Å². The number of carboxylic acids is 1. The number of ether oxygens (including phenoxy) is 2. The zero-order valence-electron chi connectivity index (χ0n) is 20.0. The monoisotopic (exact) mass is 492 g/mol. The van der Waals surface area contributed by atoms with Crippen LogP contribution in [0.25, 0.3) is 0 Å². The zero-order chi connectivity index (χ0) is 25.9. The van der Waals surface area contributed by atoms with Crippen molar-refractivity contribution in [2.75, 3.05) is 29.7 Å². The molecule has 0 spiro atoms. The van der Waals surface area contributed by atoms with E-state index in [1.165, 1.54) is 7.11 Å². The van der Waals surface area contributed by atoms with Gasteiger partial charge in [-0.3, -0.25) is 14.9 Å². The third kappa shape index (κ3) is 8.01. The van der Waals surface area contributed by atoms with Crippen LogP contribution < -0.4 is 25.4 Å². The van der Waals surface area contributed by atoms with Crippen molar-refractivity contribution < 1.29 is 29.0 Å². The largest absolute Gasteiger partial charge is 0.493 e. The van der Waals surface area contributed by atoms with Gasteiger partial charge < -0.3 is 25.2 Å². The van der Waals surface area contributed by atoms with Gasteiger partial charge in [-0.25, -0.2) is 9.78 Å². The average molecular weight is 493 g/mol. The molecule has 3 aromatic rings. The lowest BCUT2D eigenvalue weighted by molar-refractivity contribution is -0.137. The molecule has 0 aliphatic heterocycles. The highest BCUT2D eigenvalue weighted by Crippen LogP contribution is 2.30. The van der Waals surface area contributed by atoms with Crippen molar-refractivity contribution in [1.29, 1.82) is 0 Å². The number of aromatic nitrogens is 1. The molecule has 0 aliphatic carbocycles. The van der Waals surface area contributed by atoms with Gasteiger partial charge in [0.1, 0.15) is 5.82 Å². The number of hydrogen-bond acceptors (Lipinski definition) is 6. The molecular formula is C26H28N4O6. The number of aryl methyl sites for hydroxylation is 1. The Labute approximate surface area is 208 Å². The SMILES string of the molecule is COc1ccc(NC(=O)Cc2ccc(NC(=O)Nc3ncccc3C)cc2)cc1OCCCC(=O)O. The highest BCUT2D eigenvalue weighted by atomic mass is 16.5. The standard InChI is InChI=1S/C26H28N4O6/c1-17-5-3-13-27-25(17)30-26(34)29-19-9-7-18(8-10-19)15-23(31)28-20-11-12-21(35-2)22(16-20)36-14-4-6-24(32)33/h3,5,7-13,16H,4,6,14-15H2,1-2H3,(H,28,31)(H,32,33)(H2,27,29,30,34). The first-order chi connectivity index (χ1) is 17.3. The van der Waals surface area contributed by atoms with Crippen molar-refractivity contribution in [3.05, 3.63) is 71.9 Å². The summed E-state index contributed by atoms with van der Waals surface area (Å²) in [6.45, 7) is 2.06. The van der Waals surface area contributed by atoms with Crippen LogP contribution in [0.1, 0.15) is 24.0 Å². The van der Waals surface area contributed by atoms with Gasteiger partial charge >= 0.3 is 12.0 Å². The van der Waals surface area contributed by atoms with Crippen molar-refractivity contribution in [2.45, 2.75) is 26.2 Å². The molecule has 0 unspecified atom stereocenters. The molecule has 1 aromatic heterocycles. The van der Waals surface area contributed by atoms with Gasteiger partial charge in [0.2, 0.25) is 5.91 Å². The molecule has 3 amide bonds. The van der Waals surface area contributed by atoms with Crippen molar-refractivity contribution >= 4 is 35.1 Å². The molecular weight excluding hydrogens is 464 g/mol. The third-order valence-electron chi connectivity index (χ3n) is 5.06. The highest BCUT2D eigenvalue weighted by Gasteiger charge is 2.11. The number of rotatable bonds is 11. The maximum absolute atomic E-state index is 12.5. The molecule has 3 rings (SSSR count). The van der Waals surface area contributed by atoms with E-state index in [1.54, 1.807) is 54.7 Å². The quantitative estimate of drug-likeness (QED) is 0.290. The lowest BCUT2D eigenvalue weighted by Gasteiger charge is -2.13. The Morgan fingerprint density at radius 2 is 1.69 bits per heavy atom. The summed E-state index contributed by atoms with van der Waals surface area (Å²) >= 11 is 0. The van der Waals surface area contributed by atoms with E-state index >= 15 is 0 Å². The second-order valence-corrected chi connectivity index (χ2v) is 7.88. The van der Waals surface area contributed by atoms with Crippen LogP contribution in [-0.2, 0) is 16.0 Å². The summed E-state index contributed by atoms with van der Waals surface area (Å²) in [4.78, 5) is 39.5. The Balaban J connectivity index is 1.52. The summed E-state index contributed by atoms with van der Waals surface area (Å²) in [6.07, 6.45) is 2.08. The molecule has 0 radical (unpaired) electrons. The molecule has 0 fully saturated rings. The molecule has 0 bridgehead atoms. The number of pyridine rings is 1. The van der Waals surface area contributed by atoms with E-state index in [4.69, 9.17) is 14.6 Å². The third-order valence-corrected chi connectivity index (χ3v) is 5.06. The Morgan fingerprint density at radius 1 is 0.944 bits per heavy atom. The van der Waals surface area contributed by atoms with Crippen LogP contribution in [0.3, 0.4) is 0 Å². The van der Waals surface area contributed by atoms with Gasteiger partial charge in [-0.1, -0.05) is 18.2 Å². The van der Waals surface area contributed by atoms with Crippen molar-refractivity contribution in [3.63, 3.8) is 0 Å². The predicted molar refractivity (Wildman–Crippen MR) is 136 cm³/mol. The van der Waals surface area contributed by atoms with E-state index in [0.29, 0.717) is 35.1 Å². The average Bonchev–Trinajstić information content (AvgIpc) is 2.84. The minimum absolute atomic E-state index is 0.00162. The summed E-state index contributed by atoms with van der Waals surface area (Å²) in [5.74, 6) is 0.249. The van der Waals surface area contributed by atoms with E-state index in [2.05, 4.69) is 20.9 Å². The second-order valence-electron chi connectivity index (χ2n) is 7.88. The number of nitrogens with zero attached hydrogens (tertiary/aromatic N) is 1. The van der Waals surface area contributed by atoms with Crippen LogP contribution in [0.5, 0.6) is 11.5 Å². The summed E-state index contributed by atoms with van der Waals surface area (Å²) in [7, 11) is 1.50. The van der Waals surface area contributed by atoms with Crippen LogP contribution in [0, 0.1) is 6.92 Å². The van der Waals surface area contributed by atoms with Crippen LogP contribution in [0.4, 0.5) is 22.0 Å². The van der Waals surface area contributed by atoms with Crippen LogP contribution in [-0.4, -0.2) is 41.7 Å². The summed E-state index contributed by atoms with van der Waals surface area (Å²) in [6, 6.07) is 15.2. The minimum Gasteiger partial charge on any atom is -0.493 e. The maximum Gasteiger partial charge on any atom is 0.324 e. The topological polar surface area (TPSA) is 139 Å². The lowest BCUT2D eigenvalue weighted by Crippen LogP contribution is -2.20. The van der Waals surface area contributed by atoms with E-state index in [1.807, 2.05) is 13.0 Å². The van der Waals surface area contributed by atoms with Crippen LogP contribution >= 0.6 is 0 Å². The van der Waals surface area contributed by atoms with E-state index in [9.17, 15) is 14.4 Å². The summed E-state index contributed by atoms with van der Waals surface area (Å²) in [5, 5.41) is 17.0. The van der Waals surface area contributed by atoms with Crippen molar-refractivity contribution in [1.82, 2.24) is 4.98 Å². The summed E-state index contributed by atoms with van der Waals surface area (Å²) in [5.41, 5.74) is 2.71. The number of carbonyl (C=O) groups excluding carboxylic acids is 2. The predicted octanol–water partition coefficient (Wildman–Crippen LogP) is 4.47. The number of nitrogens with one attached hydrogen (secondary N) is 3. The number of hydrogen-bond donors (Lipinski definition) is 4. The van der Waals surface area contributed by atoms with Gasteiger partial charge in [-0.15, -0.1) is 0 Å². The molecule has 188 valence electrons. The molecule has 0 saturated heterocycles. The van der Waals surface area contributed by atoms with Gasteiger partial charge in [0.25, 0.3) is 0 Å². The molecule has 0 saturated carbocycles. The maximum atomic E-state index is 12.5. The Kier molecular flexibility index (Phi) is 9.21. The first-order valence-corrected chi connectivity index (χ1v) is 11.2. The fourth-order valence-corrected chi connectivity index (χ4v) is 3.26. The first kappa shape index (κ1) is 26.0. The second kappa shape index (κ2) is 12.7. The van der Waals surface area contributed by atoms with Gasteiger partial charge in [-0.2, -0.15) is 0 Å². The fraction of sp³-hybridized carbons (Fsp3) is 0.231. The molecule has 10 nitrogen and oxygen atoms in total. The zero-order valence-corrected chi connectivity index (χ0v) is 20.0. The Hall–Kier alpha value is -4.60. The van der Waals surface area contributed by atoms with E-state index in [-0.39, 0.29) is 25.4 Å². The Morgan fingerprint density at radius 3 is 2.39 bits per heavy atom. The number of carboxylic acid groups (broad SMARTS) is 1. The van der Waals surface area contributed by atoms with E-state index < -0.39 is 12.0 Å². The number of amides is 3. The normalized spacial score (nSPS) is 10.3. The number of aliphatic carboxylic acids is 1. The van der Waals surface area contributed by atoms with E-state index in [0.717, 1.165) is 11.1 Å². The molecule has 10 heteroatoms. The molecule has 1 heterocycles. The number of benzene rings is 2. The lowest BCUT2D eigenvalue weighted by atomic mass is 10.1. The van der Waals surface area contributed by atoms with Gasteiger partial charge in [0, 0.05) is 30.1 Å². The van der Waals surface area contributed by atoms with Crippen molar-refractivity contribution in [2.24, 2.45) is 0 Å². The van der Waals surface area contributed by atoms with Crippen LogP contribution in [0.2, 0.25) is 0 Å². The number of carbonyl (C=O) groups is 3. The van der Waals surface area contributed by atoms with Gasteiger partial charge in [0.15, 0.2) is 11.5 Å². The molecule has 2 aromatic carbocycles. The van der Waals surface area contributed by atoms with Crippen molar-refractivity contribution in [3.8, 4) is 11.5 Å². The smallest absolute Gasteiger partial charge is 0.324 e.